The van der Waals surface area contributed by atoms with Crippen LogP contribution in [0.1, 0.15) is 11.1 Å². The summed E-state index contributed by atoms with van der Waals surface area (Å²) < 4.78 is 1.82. The molecule has 0 saturated carbocycles. The third-order valence-electron chi connectivity index (χ3n) is 4.66. The van der Waals surface area contributed by atoms with Crippen molar-refractivity contribution in [3.05, 3.63) is 47.8 Å². The summed E-state index contributed by atoms with van der Waals surface area (Å²) in [4.78, 5) is 16.5. The molecule has 1 fully saturated rings. The lowest BCUT2D eigenvalue weighted by atomic mass is 10.1. The molecule has 2 heterocycles. The molecular weight excluding hydrogens is 302 g/mol. The zero-order valence-electron chi connectivity index (χ0n) is 14.4. The van der Waals surface area contributed by atoms with Crippen LogP contribution in [0.15, 0.2) is 36.7 Å². The highest BCUT2D eigenvalue weighted by Gasteiger charge is 2.22. The fourth-order valence-electron chi connectivity index (χ4n) is 3.05. The van der Waals surface area contributed by atoms with Gasteiger partial charge in [-0.05, 0) is 37.1 Å². The van der Waals surface area contributed by atoms with Gasteiger partial charge >= 0.3 is 6.03 Å². The second kappa shape index (κ2) is 7.38. The number of aromatic nitrogens is 2. The Morgan fingerprint density at radius 3 is 2.67 bits per heavy atom. The molecule has 1 aliphatic heterocycles. The minimum atomic E-state index is 0.0165. The summed E-state index contributed by atoms with van der Waals surface area (Å²) in [5.74, 6) is 0. The topological polar surface area (TPSA) is 53.4 Å². The number of aryl methyl sites for hydroxylation is 1. The van der Waals surface area contributed by atoms with Gasteiger partial charge in [0.25, 0.3) is 0 Å². The summed E-state index contributed by atoms with van der Waals surface area (Å²) in [7, 11) is 0. The largest absolute Gasteiger partial charge is 0.368 e. The number of carbonyl (C=O) groups excluding carboxylic acids is 1. The van der Waals surface area contributed by atoms with Crippen molar-refractivity contribution in [3.8, 4) is 0 Å². The highest BCUT2D eigenvalue weighted by molar-refractivity contribution is 5.74. The Balaban J connectivity index is 1.47. The van der Waals surface area contributed by atoms with E-state index in [9.17, 15) is 4.79 Å². The van der Waals surface area contributed by atoms with Crippen LogP contribution >= 0.6 is 0 Å². The number of anilines is 1. The monoisotopic (exact) mass is 327 g/mol. The molecule has 1 aromatic carbocycles. The van der Waals surface area contributed by atoms with Gasteiger partial charge in [0.15, 0.2) is 0 Å². The Morgan fingerprint density at radius 2 is 1.96 bits per heavy atom. The quantitative estimate of drug-likeness (QED) is 0.935. The Labute approximate surface area is 143 Å². The molecule has 6 nitrogen and oxygen atoms in total. The molecule has 1 N–H and O–H groups in total. The van der Waals surface area contributed by atoms with Gasteiger partial charge in [-0.3, -0.25) is 4.68 Å². The average molecular weight is 327 g/mol. The maximum atomic E-state index is 12.3. The molecule has 128 valence electrons. The summed E-state index contributed by atoms with van der Waals surface area (Å²) in [5.41, 5.74) is 3.93. The van der Waals surface area contributed by atoms with Crippen molar-refractivity contribution in [2.24, 2.45) is 0 Å². The van der Waals surface area contributed by atoms with Gasteiger partial charge in [0.2, 0.25) is 0 Å². The maximum Gasteiger partial charge on any atom is 0.317 e. The molecule has 0 aliphatic carbocycles. The highest BCUT2D eigenvalue weighted by Crippen LogP contribution is 2.23. The van der Waals surface area contributed by atoms with E-state index in [1.54, 1.807) is 6.20 Å². The number of carbonyl (C=O) groups is 1. The number of nitrogens with one attached hydrogen (secondary N) is 1. The molecule has 0 spiro atoms. The van der Waals surface area contributed by atoms with Crippen LogP contribution in [0.3, 0.4) is 0 Å². The molecule has 2 amide bonds. The lowest BCUT2D eigenvalue weighted by molar-refractivity contribution is 0.194. The summed E-state index contributed by atoms with van der Waals surface area (Å²) in [6.45, 7) is 8.84. The van der Waals surface area contributed by atoms with E-state index in [1.807, 2.05) is 21.8 Å². The number of hydrogen-bond donors (Lipinski definition) is 1. The molecule has 24 heavy (non-hydrogen) atoms. The smallest absolute Gasteiger partial charge is 0.317 e. The van der Waals surface area contributed by atoms with Crippen LogP contribution in [0, 0.1) is 13.8 Å². The predicted molar refractivity (Wildman–Crippen MR) is 95.3 cm³/mol. The second-order valence-electron chi connectivity index (χ2n) is 6.19. The minimum absolute atomic E-state index is 0.0165. The van der Waals surface area contributed by atoms with Crippen molar-refractivity contribution < 1.29 is 4.79 Å². The maximum absolute atomic E-state index is 12.3. The SMILES string of the molecule is Cc1cccc(N2CCN(C(=O)NCCn3cccn3)CC2)c1C. The van der Waals surface area contributed by atoms with Gasteiger partial charge in [-0.25, -0.2) is 4.79 Å². The van der Waals surface area contributed by atoms with E-state index in [0.29, 0.717) is 13.1 Å². The molecule has 1 aliphatic rings. The molecule has 6 heteroatoms. The van der Waals surface area contributed by atoms with Gasteiger partial charge in [0, 0.05) is 50.8 Å². The van der Waals surface area contributed by atoms with Gasteiger partial charge in [-0.15, -0.1) is 0 Å². The third-order valence-corrected chi connectivity index (χ3v) is 4.66. The van der Waals surface area contributed by atoms with E-state index in [2.05, 4.69) is 47.4 Å². The van der Waals surface area contributed by atoms with Crippen LogP contribution in [-0.4, -0.2) is 53.4 Å². The van der Waals surface area contributed by atoms with E-state index in [4.69, 9.17) is 0 Å². The van der Waals surface area contributed by atoms with Gasteiger partial charge < -0.3 is 15.1 Å². The lowest BCUT2D eigenvalue weighted by Crippen LogP contribution is -2.52. The lowest BCUT2D eigenvalue weighted by Gasteiger charge is -2.37. The van der Waals surface area contributed by atoms with Crippen LogP contribution in [0.25, 0.3) is 0 Å². The van der Waals surface area contributed by atoms with Crippen molar-refractivity contribution in [3.63, 3.8) is 0 Å². The van der Waals surface area contributed by atoms with E-state index in [0.717, 1.165) is 26.2 Å². The van der Waals surface area contributed by atoms with E-state index < -0.39 is 0 Å². The third kappa shape index (κ3) is 3.69. The first-order chi connectivity index (χ1) is 11.6. The molecule has 0 unspecified atom stereocenters. The second-order valence-corrected chi connectivity index (χ2v) is 6.19. The normalized spacial score (nSPS) is 14.8. The number of urea groups is 1. The first-order valence-electron chi connectivity index (χ1n) is 8.46. The number of piperazine rings is 1. The Kier molecular flexibility index (Phi) is 5.03. The number of amides is 2. The van der Waals surface area contributed by atoms with Gasteiger partial charge in [0.05, 0.1) is 6.54 Å². The van der Waals surface area contributed by atoms with E-state index in [1.165, 1.54) is 16.8 Å². The van der Waals surface area contributed by atoms with Crippen LogP contribution in [-0.2, 0) is 6.54 Å². The first kappa shape index (κ1) is 16.4. The Morgan fingerprint density at radius 1 is 1.17 bits per heavy atom. The Bertz CT molecular complexity index is 675. The fraction of sp³-hybridized carbons (Fsp3) is 0.444. The van der Waals surface area contributed by atoms with Crippen molar-refractivity contribution in [2.45, 2.75) is 20.4 Å². The summed E-state index contributed by atoms with van der Waals surface area (Å²) in [5, 5.41) is 7.10. The van der Waals surface area contributed by atoms with Crippen LogP contribution in [0.4, 0.5) is 10.5 Å². The molecule has 0 radical (unpaired) electrons. The average Bonchev–Trinajstić information content (AvgIpc) is 3.11. The highest BCUT2D eigenvalue weighted by atomic mass is 16.2. The molecule has 2 aromatic rings. The summed E-state index contributed by atoms with van der Waals surface area (Å²) >= 11 is 0. The van der Waals surface area contributed by atoms with Crippen molar-refractivity contribution in [1.29, 1.82) is 0 Å². The van der Waals surface area contributed by atoms with Crippen LogP contribution in [0.5, 0.6) is 0 Å². The summed E-state index contributed by atoms with van der Waals surface area (Å²) in [6, 6.07) is 8.31. The first-order valence-corrected chi connectivity index (χ1v) is 8.46. The molecule has 1 aromatic heterocycles. The van der Waals surface area contributed by atoms with E-state index in [-0.39, 0.29) is 6.03 Å². The van der Waals surface area contributed by atoms with Gasteiger partial charge in [-0.1, -0.05) is 12.1 Å². The molecular formula is C18H25N5O. The van der Waals surface area contributed by atoms with Crippen molar-refractivity contribution in [1.82, 2.24) is 20.0 Å². The minimum Gasteiger partial charge on any atom is -0.368 e. The predicted octanol–water partition coefficient (Wildman–Crippen LogP) is 2.03. The molecule has 3 rings (SSSR count). The molecule has 1 saturated heterocycles. The fourth-order valence-corrected chi connectivity index (χ4v) is 3.05. The number of nitrogens with zero attached hydrogens (tertiary/aromatic N) is 4. The number of hydrogen-bond acceptors (Lipinski definition) is 3. The van der Waals surface area contributed by atoms with Crippen LogP contribution < -0.4 is 10.2 Å². The van der Waals surface area contributed by atoms with E-state index >= 15 is 0 Å². The molecule has 0 bridgehead atoms. The number of benzene rings is 1. The van der Waals surface area contributed by atoms with Gasteiger partial charge in [0.1, 0.15) is 0 Å². The summed E-state index contributed by atoms with van der Waals surface area (Å²) in [6.07, 6.45) is 3.64. The molecule has 0 atom stereocenters. The number of rotatable bonds is 4. The zero-order chi connectivity index (χ0) is 16.9. The van der Waals surface area contributed by atoms with Crippen LogP contribution in [0.2, 0.25) is 0 Å². The van der Waals surface area contributed by atoms with Gasteiger partial charge in [-0.2, -0.15) is 5.10 Å². The van der Waals surface area contributed by atoms with Crippen molar-refractivity contribution in [2.75, 3.05) is 37.6 Å². The zero-order valence-corrected chi connectivity index (χ0v) is 14.4. The standard InChI is InChI=1S/C18H25N5O/c1-15-5-3-6-17(16(15)2)21-11-13-22(14-12-21)18(24)19-8-10-23-9-4-7-20-23/h3-7,9H,8,10-14H2,1-2H3,(H,19,24). The Hall–Kier alpha value is -2.50. The van der Waals surface area contributed by atoms with Crippen molar-refractivity contribution >= 4 is 11.7 Å².